The number of rotatable bonds is 4. The Labute approximate surface area is 123 Å². The topological polar surface area (TPSA) is 58.6 Å². The monoisotopic (exact) mass is 339 g/mol. The van der Waals surface area contributed by atoms with Crippen molar-refractivity contribution in [3.63, 3.8) is 0 Å². The second-order valence-electron chi connectivity index (χ2n) is 3.96. The minimum Gasteiger partial charge on any atom is -0.508 e. The number of hydrogen-bond acceptors (Lipinski definition) is 3. The summed E-state index contributed by atoms with van der Waals surface area (Å²) in [5.41, 5.74) is 0.551. The van der Waals surface area contributed by atoms with Gasteiger partial charge < -0.3 is 15.2 Å². The molecule has 1 amide bonds. The normalized spacial score (nSPS) is 10.1. The Morgan fingerprint density at radius 1 is 1.25 bits per heavy atom. The van der Waals surface area contributed by atoms with Crippen LogP contribution >= 0.6 is 15.9 Å². The van der Waals surface area contributed by atoms with Crippen LogP contribution in [-0.2, 0) is 4.79 Å². The molecule has 0 spiro atoms. The Hall–Kier alpha value is -2.08. The summed E-state index contributed by atoms with van der Waals surface area (Å²) in [5.74, 6) is -0.244. The van der Waals surface area contributed by atoms with Gasteiger partial charge in [0.15, 0.2) is 6.61 Å². The highest BCUT2D eigenvalue weighted by Gasteiger charge is 2.07. The van der Waals surface area contributed by atoms with E-state index in [9.17, 15) is 9.18 Å². The number of nitrogens with one attached hydrogen (secondary N) is 1. The summed E-state index contributed by atoms with van der Waals surface area (Å²) in [4.78, 5) is 11.7. The maximum atomic E-state index is 12.9. The summed E-state index contributed by atoms with van der Waals surface area (Å²) in [6, 6.07) is 10.0. The average Bonchev–Trinajstić information content (AvgIpc) is 2.40. The molecule has 0 fully saturated rings. The Balaban J connectivity index is 1.90. The van der Waals surface area contributed by atoms with Gasteiger partial charge in [-0.1, -0.05) is 0 Å². The smallest absolute Gasteiger partial charge is 0.262 e. The molecule has 2 aromatic carbocycles. The number of halogens is 2. The fraction of sp³-hybridized carbons (Fsp3) is 0.0714. The molecule has 20 heavy (non-hydrogen) atoms. The van der Waals surface area contributed by atoms with E-state index in [0.717, 1.165) is 0 Å². The molecule has 2 N–H and O–H groups in total. The maximum Gasteiger partial charge on any atom is 0.262 e. The minimum absolute atomic E-state index is 0.120. The fourth-order valence-electron chi connectivity index (χ4n) is 1.48. The van der Waals surface area contributed by atoms with Crippen molar-refractivity contribution >= 4 is 27.5 Å². The number of benzene rings is 2. The van der Waals surface area contributed by atoms with Crippen LogP contribution in [0.5, 0.6) is 11.5 Å². The van der Waals surface area contributed by atoms with E-state index in [0.29, 0.717) is 15.9 Å². The van der Waals surface area contributed by atoms with E-state index in [4.69, 9.17) is 9.84 Å². The molecule has 0 aliphatic rings. The van der Waals surface area contributed by atoms with Gasteiger partial charge >= 0.3 is 0 Å². The largest absolute Gasteiger partial charge is 0.508 e. The van der Waals surface area contributed by atoms with Crippen LogP contribution in [0.25, 0.3) is 0 Å². The molecular formula is C14H11BrFNO3. The van der Waals surface area contributed by atoms with Crippen molar-refractivity contribution in [3.8, 4) is 11.5 Å². The van der Waals surface area contributed by atoms with E-state index >= 15 is 0 Å². The van der Waals surface area contributed by atoms with Crippen LogP contribution in [0.2, 0.25) is 0 Å². The van der Waals surface area contributed by atoms with E-state index in [1.165, 1.54) is 30.3 Å². The third-order valence-electron chi connectivity index (χ3n) is 2.40. The van der Waals surface area contributed by atoms with Crippen molar-refractivity contribution in [2.24, 2.45) is 0 Å². The molecule has 0 atom stereocenters. The van der Waals surface area contributed by atoms with E-state index in [2.05, 4.69) is 21.2 Å². The maximum absolute atomic E-state index is 12.9. The van der Waals surface area contributed by atoms with Crippen LogP contribution in [0.4, 0.5) is 10.1 Å². The number of ether oxygens (including phenoxy) is 1. The van der Waals surface area contributed by atoms with Gasteiger partial charge in [-0.15, -0.1) is 0 Å². The highest BCUT2D eigenvalue weighted by Crippen LogP contribution is 2.25. The van der Waals surface area contributed by atoms with Gasteiger partial charge in [0.25, 0.3) is 5.91 Å². The molecule has 104 valence electrons. The molecule has 0 aromatic heterocycles. The summed E-state index contributed by atoms with van der Waals surface area (Å²) in [7, 11) is 0. The molecular weight excluding hydrogens is 329 g/mol. The number of aromatic hydroxyl groups is 1. The van der Waals surface area contributed by atoms with Crippen LogP contribution in [-0.4, -0.2) is 17.6 Å². The fourth-order valence-corrected chi connectivity index (χ4v) is 1.94. The predicted octanol–water partition coefficient (Wildman–Crippen LogP) is 3.31. The molecule has 0 radical (unpaired) electrons. The molecule has 2 aromatic rings. The first-order valence-electron chi connectivity index (χ1n) is 5.71. The van der Waals surface area contributed by atoms with Crippen LogP contribution in [0, 0.1) is 5.82 Å². The number of amides is 1. The van der Waals surface area contributed by atoms with Gasteiger partial charge in [-0.3, -0.25) is 4.79 Å². The van der Waals surface area contributed by atoms with Gasteiger partial charge in [-0.25, -0.2) is 4.39 Å². The number of phenolic OH excluding ortho intramolecular Hbond substituents is 1. The lowest BCUT2D eigenvalue weighted by molar-refractivity contribution is -0.118. The lowest BCUT2D eigenvalue weighted by Crippen LogP contribution is -2.20. The Morgan fingerprint density at radius 3 is 2.60 bits per heavy atom. The summed E-state index contributed by atoms with van der Waals surface area (Å²) in [5, 5.41) is 11.7. The van der Waals surface area contributed by atoms with Crippen molar-refractivity contribution < 1.29 is 19.0 Å². The van der Waals surface area contributed by atoms with Gasteiger partial charge in [0.1, 0.15) is 17.3 Å². The SMILES string of the molecule is O=C(COc1ccc(F)cc1Br)Nc1ccc(O)cc1. The number of phenols is 1. The minimum atomic E-state index is -0.391. The third-order valence-corrected chi connectivity index (χ3v) is 3.02. The van der Waals surface area contributed by atoms with E-state index < -0.39 is 5.82 Å². The van der Waals surface area contributed by atoms with Crippen LogP contribution < -0.4 is 10.1 Å². The summed E-state index contributed by atoms with van der Waals surface area (Å²) in [6.45, 7) is -0.203. The van der Waals surface area contributed by atoms with Crippen molar-refractivity contribution in [2.45, 2.75) is 0 Å². The van der Waals surface area contributed by atoms with Gasteiger partial charge in [-0.2, -0.15) is 0 Å². The second kappa shape index (κ2) is 6.38. The number of carbonyl (C=O) groups is 1. The predicted molar refractivity (Wildman–Crippen MR) is 76.3 cm³/mol. The zero-order valence-corrected chi connectivity index (χ0v) is 11.9. The first-order valence-corrected chi connectivity index (χ1v) is 6.50. The zero-order chi connectivity index (χ0) is 14.5. The van der Waals surface area contributed by atoms with E-state index in [-0.39, 0.29) is 18.3 Å². The molecule has 0 aliphatic heterocycles. The molecule has 0 saturated carbocycles. The molecule has 0 unspecified atom stereocenters. The number of hydrogen-bond donors (Lipinski definition) is 2. The van der Waals surface area contributed by atoms with E-state index in [1.807, 2.05) is 0 Å². The highest BCUT2D eigenvalue weighted by molar-refractivity contribution is 9.10. The molecule has 2 rings (SSSR count). The molecule has 0 saturated heterocycles. The van der Waals surface area contributed by atoms with Crippen LogP contribution in [0.1, 0.15) is 0 Å². The first kappa shape index (κ1) is 14.3. The molecule has 4 nitrogen and oxygen atoms in total. The van der Waals surface area contributed by atoms with Gasteiger partial charge in [-0.05, 0) is 58.4 Å². The lowest BCUT2D eigenvalue weighted by atomic mass is 10.3. The summed E-state index contributed by atoms with van der Waals surface area (Å²) in [6.07, 6.45) is 0. The van der Waals surface area contributed by atoms with Crippen molar-refractivity contribution in [2.75, 3.05) is 11.9 Å². The third kappa shape index (κ3) is 3.96. The summed E-state index contributed by atoms with van der Waals surface area (Å²) < 4.78 is 18.6. The van der Waals surface area contributed by atoms with Gasteiger partial charge in [0.2, 0.25) is 0 Å². The lowest BCUT2D eigenvalue weighted by Gasteiger charge is -2.09. The second-order valence-corrected chi connectivity index (χ2v) is 4.81. The summed E-state index contributed by atoms with van der Waals surface area (Å²) >= 11 is 3.15. The standard InChI is InChI=1S/C14H11BrFNO3/c15-12-7-9(16)1-6-13(12)20-8-14(19)17-10-2-4-11(18)5-3-10/h1-7,18H,8H2,(H,17,19). The van der Waals surface area contributed by atoms with Crippen molar-refractivity contribution in [3.05, 3.63) is 52.8 Å². The van der Waals surface area contributed by atoms with E-state index in [1.54, 1.807) is 12.1 Å². The Morgan fingerprint density at radius 2 is 1.95 bits per heavy atom. The van der Waals surface area contributed by atoms with Gasteiger partial charge in [0, 0.05) is 5.69 Å². The van der Waals surface area contributed by atoms with Crippen molar-refractivity contribution in [1.29, 1.82) is 0 Å². The van der Waals surface area contributed by atoms with Gasteiger partial charge in [0.05, 0.1) is 4.47 Å². The molecule has 6 heteroatoms. The molecule has 0 aliphatic carbocycles. The Bertz CT molecular complexity index is 616. The average molecular weight is 340 g/mol. The van der Waals surface area contributed by atoms with Crippen LogP contribution in [0.3, 0.4) is 0 Å². The zero-order valence-electron chi connectivity index (χ0n) is 10.3. The van der Waals surface area contributed by atoms with Crippen molar-refractivity contribution in [1.82, 2.24) is 0 Å². The first-order chi connectivity index (χ1) is 9.54. The quantitative estimate of drug-likeness (QED) is 0.840. The van der Waals surface area contributed by atoms with Crippen LogP contribution in [0.15, 0.2) is 46.9 Å². The number of carbonyl (C=O) groups excluding carboxylic acids is 1. The molecule has 0 heterocycles. The highest BCUT2D eigenvalue weighted by atomic mass is 79.9. The Kier molecular flexibility index (Phi) is 4.57. The number of anilines is 1. The molecule has 0 bridgehead atoms.